The molecule has 0 amide bonds. The molecule has 0 saturated heterocycles. The molecule has 70 heavy (non-hydrogen) atoms. The van der Waals surface area contributed by atoms with E-state index >= 15 is 0 Å². The first-order chi connectivity index (χ1) is 34.3. The van der Waals surface area contributed by atoms with Gasteiger partial charge in [-0.1, -0.05) is 148 Å². The Labute approximate surface area is 409 Å². The van der Waals surface area contributed by atoms with E-state index in [1.54, 1.807) is 0 Å². The first-order valence-electron chi connectivity index (χ1n) is 24.5. The van der Waals surface area contributed by atoms with Crippen LogP contribution in [0.5, 0.6) is 0 Å². The van der Waals surface area contributed by atoms with Gasteiger partial charge in [-0.3, -0.25) is 0 Å². The van der Waals surface area contributed by atoms with E-state index in [2.05, 4.69) is 288 Å². The van der Waals surface area contributed by atoms with Gasteiger partial charge in [0.25, 0.3) is 0 Å². The van der Waals surface area contributed by atoms with Crippen LogP contribution in [0.4, 0.5) is 34.1 Å². The molecule has 2 aromatic heterocycles. The number of para-hydroxylation sites is 6. The number of hydrogen-bond donors (Lipinski definition) is 0. The number of nitrogens with zero attached hydrogens (tertiary/aromatic N) is 4. The van der Waals surface area contributed by atoms with Crippen LogP contribution >= 0.6 is 0 Å². The van der Waals surface area contributed by atoms with E-state index in [9.17, 15) is 0 Å². The molecule has 13 rings (SSSR count). The summed E-state index contributed by atoms with van der Waals surface area (Å²) in [5.41, 5.74) is 17.8. The van der Waals surface area contributed by atoms with Gasteiger partial charge in [-0.15, -0.1) is 0 Å². The number of anilines is 6. The van der Waals surface area contributed by atoms with E-state index in [-0.39, 0.29) is 10.8 Å². The summed E-state index contributed by atoms with van der Waals surface area (Å²) in [6.07, 6.45) is 1.02. The summed E-state index contributed by atoms with van der Waals surface area (Å²) in [4.78, 5) is 4.71. The Hall–Kier alpha value is -8.60. The van der Waals surface area contributed by atoms with Crippen molar-refractivity contribution in [3.05, 3.63) is 265 Å². The number of benzene rings is 10. The van der Waals surface area contributed by atoms with Gasteiger partial charge in [-0.2, -0.15) is 0 Å². The predicted octanol–water partition coefficient (Wildman–Crippen LogP) is 17.8. The topological polar surface area (TPSA) is 16.3 Å². The van der Waals surface area contributed by atoms with Crippen LogP contribution in [-0.2, 0) is 10.8 Å². The third kappa shape index (κ3) is 6.66. The van der Waals surface area contributed by atoms with Crippen molar-refractivity contribution in [2.75, 3.05) is 9.80 Å². The number of aromatic nitrogens is 2. The maximum atomic E-state index is 2.47. The zero-order chi connectivity index (χ0) is 47.0. The average Bonchev–Trinajstić information content (AvgIpc) is 3.99. The van der Waals surface area contributed by atoms with E-state index in [0.717, 1.165) is 57.3 Å². The smallest absolute Gasteiger partial charge is 0.0542 e. The molecule has 4 nitrogen and oxygen atoms in total. The van der Waals surface area contributed by atoms with Crippen molar-refractivity contribution in [2.45, 2.75) is 38.0 Å². The average molecular weight is 901 g/mol. The molecule has 1 unspecified atom stereocenters. The van der Waals surface area contributed by atoms with Gasteiger partial charge in [0.05, 0.1) is 22.1 Å². The van der Waals surface area contributed by atoms with Gasteiger partial charge in [0.15, 0.2) is 0 Å². The maximum absolute atomic E-state index is 2.47. The quantitative estimate of drug-likeness (QED) is 0.143. The fourth-order valence-electron chi connectivity index (χ4n) is 12.0. The Bertz CT molecular complexity index is 3620. The van der Waals surface area contributed by atoms with Crippen molar-refractivity contribution < 1.29 is 0 Å². The van der Waals surface area contributed by atoms with Crippen molar-refractivity contribution in [1.82, 2.24) is 9.13 Å². The summed E-state index contributed by atoms with van der Waals surface area (Å²) in [6.45, 7) is 7.31. The van der Waals surface area contributed by atoms with Crippen molar-refractivity contribution in [1.29, 1.82) is 0 Å². The molecule has 1 aliphatic rings. The van der Waals surface area contributed by atoms with Crippen molar-refractivity contribution in [2.24, 2.45) is 0 Å². The zero-order valence-electron chi connectivity index (χ0n) is 39.7. The number of fused-ring (bicyclic) bond motifs is 7. The second-order valence-electron chi connectivity index (χ2n) is 19.8. The molecule has 0 radical (unpaired) electrons. The van der Waals surface area contributed by atoms with Gasteiger partial charge in [0, 0.05) is 72.5 Å². The molecule has 0 bridgehead atoms. The molecule has 0 aliphatic heterocycles. The Balaban J connectivity index is 0.950. The molecular formula is C66H52N4. The standard InChI is InChI=1S/C66H52N4/c1-65(2)45-66(3,59-39-36-54(44-60(59)65)70-61-30-18-16-28-55(61)56-29-17-19-31-62(56)70)46-32-34-51(35-33-46)69-63-40-37-52(67(47-20-8-4-9-21-47)48-22-10-5-11-23-48)42-57(63)58-43-53(38-41-64(58)69)68(49-24-12-6-13-25-49)50-26-14-7-15-27-50/h4-44H,45H2,1-3H3. The predicted molar refractivity (Wildman–Crippen MR) is 295 cm³/mol. The third-order valence-corrected chi connectivity index (χ3v) is 15.0. The van der Waals surface area contributed by atoms with Crippen LogP contribution in [0.1, 0.15) is 43.9 Å². The van der Waals surface area contributed by atoms with E-state index in [1.807, 2.05) is 0 Å². The summed E-state index contributed by atoms with van der Waals surface area (Å²) < 4.78 is 4.91. The van der Waals surface area contributed by atoms with Gasteiger partial charge >= 0.3 is 0 Å². The highest BCUT2D eigenvalue weighted by Gasteiger charge is 2.46. The van der Waals surface area contributed by atoms with Crippen molar-refractivity contribution >= 4 is 77.7 Å². The molecule has 336 valence electrons. The Morgan fingerprint density at radius 2 is 0.700 bits per heavy atom. The van der Waals surface area contributed by atoms with Gasteiger partial charge < -0.3 is 18.9 Å². The first kappa shape index (κ1) is 41.6. The van der Waals surface area contributed by atoms with Crippen molar-refractivity contribution in [3.8, 4) is 11.4 Å². The molecular weight excluding hydrogens is 849 g/mol. The van der Waals surface area contributed by atoms with E-state index in [0.29, 0.717) is 0 Å². The SMILES string of the molecule is CC1(C)CC(C)(c2ccc(-n3c4ccc(N(c5ccccc5)c5ccccc5)cc4c4cc(N(c5ccccc5)c5ccccc5)ccc43)cc2)c2ccc(-n3c4ccccc4c4ccccc43)cc21. The minimum absolute atomic E-state index is 0.0272. The van der Waals surface area contributed by atoms with Crippen LogP contribution in [-0.4, -0.2) is 9.13 Å². The fraction of sp³-hybridized carbons (Fsp3) is 0.0909. The lowest BCUT2D eigenvalue weighted by molar-refractivity contribution is 0.425. The molecule has 4 heteroatoms. The summed E-state index contributed by atoms with van der Waals surface area (Å²) in [5.74, 6) is 0. The van der Waals surface area contributed by atoms with Crippen LogP contribution in [0.15, 0.2) is 249 Å². The van der Waals surface area contributed by atoms with Gasteiger partial charge in [-0.25, -0.2) is 0 Å². The summed E-state index contributed by atoms with van der Waals surface area (Å²) in [6, 6.07) is 91.0. The lowest BCUT2D eigenvalue weighted by atomic mass is 9.75. The summed E-state index contributed by atoms with van der Waals surface area (Å²) >= 11 is 0. The highest BCUT2D eigenvalue weighted by molar-refractivity contribution is 6.12. The van der Waals surface area contributed by atoms with Gasteiger partial charge in [0.2, 0.25) is 0 Å². The second kappa shape index (κ2) is 16.3. The molecule has 1 atom stereocenters. The first-order valence-corrected chi connectivity index (χ1v) is 24.5. The lowest BCUT2D eigenvalue weighted by Crippen LogP contribution is -2.23. The molecule has 10 aromatic carbocycles. The van der Waals surface area contributed by atoms with Crippen LogP contribution in [0, 0.1) is 0 Å². The maximum Gasteiger partial charge on any atom is 0.0542 e. The van der Waals surface area contributed by atoms with Crippen molar-refractivity contribution in [3.63, 3.8) is 0 Å². The summed E-state index contributed by atoms with van der Waals surface area (Å²) in [5, 5.41) is 4.95. The molecule has 1 aliphatic carbocycles. The summed E-state index contributed by atoms with van der Waals surface area (Å²) in [7, 11) is 0. The molecule has 0 spiro atoms. The van der Waals surface area contributed by atoms with Gasteiger partial charge in [-0.05, 0) is 150 Å². The lowest BCUT2D eigenvalue weighted by Gasteiger charge is -2.29. The minimum atomic E-state index is -0.169. The largest absolute Gasteiger partial charge is 0.310 e. The molecule has 0 saturated carbocycles. The Morgan fingerprint density at radius 1 is 0.314 bits per heavy atom. The van der Waals surface area contributed by atoms with Crippen LogP contribution < -0.4 is 9.80 Å². The number of hydrogen-bond acceptors (Lipinski definition) is 2. The van der Waals surface area contributed by atoms with E-state index < -0.39 is 0 Å². The monoisotopic (exact) mass is 900 g/mol. The molecule has 2 heterocycles. The molecule has 12 aromatic rings. The third-order valence-electron chi connectivity index (χ3n) is 15.0. The Kier molecular flexibility index (Phi) is 9.67. The van der Waals surface area contributed by atoms with Gasteiger partial charge in [0.1, 0.15) is 0 Å². The van der Waals surface area contributed by atoms with Crippen LogP contribution in [0.3, 0.4) is 0 Å². The minimum Gasteiger partial charge on any atom is -0.310 e. The number of rotatable bonds is 9. The van der Waals surface area contributed by atoms with E-state index in [1.165, 1.54) is 55.0 Å². The van der Waals surface area contributed by atoms with E-state index in [4.69, 9.17) is 0 Å². The molecule has 0 fully saturated rings. The highest BCUT2D eigenvalue weighted by Crippen LogP contribution is 2.54. The Morgan fingerprint density at radius 3 is 1.16 bits per heavy atom. The molecule has 0 N–H and O–H groups in total. The van der Waals surface area contributed by atoms with Crippen LogP contribution in [0.25, 0.3) is 55.0 Å². The normalized spacial score (nSPS) is 15.2. The highest BCUT2D eigenvalue weighted by atomic mass is 15.1. The van der Waals surface area contributed by atoms with Crippen LogP contribution in [0.2, 0.25) is 0 Å². The fourth-order valence-corrected chi connectivity index (χ4v) is 12.0. The second-order valence-corrected chi connectivity index (χ2v) is 19.8. The zero-order valence-corrected chi connectivity index (χ0v) is 39.7.